The van der Waals surface area contributed by atoms with Gasteiger partial charge in [-0.05, 0) is 42.5 Å². The minimum Gasteiger partial charge on any atom is -0.439 e. The predicted molar refractivity (Wildman–Crippen MR) is 81.7 cm³/mol. The normalized spacial score (nSPS) is 11.5. The van der Waals surface area contributed by atoms with Crippen molar-refractivity contribution in [3.8, 4) is 11.6 Å². The van der Waals surface area contributed by atoms with E-state index in [9.17, 15) is 0 Å². The van der Waals surface area contributed by atoms with Crippen molar-refractivity contribution in [3.05, 3.63) is 46.4 Å². The van der Waals surface area contributed by atoms with E-state index in [1.165, 1.54) is 0 Å². The van der Waals surface area contributed by atoms with Crippen LogP contribution < -0.4 is 4.74 Å². The van der Waals surface area contributed by atoms with Crippen molar-refractivity contribution in [3.63, 3.8) is 0 Å². The van der Waals surface area contributed by atoms with Gasteiger partial charge in [-0.25, -0.2) is 4.98 Å². The summed E-state index contributed by atoms with van der Waals surface area (Å²) >= 11 is 5.88. The maximum absolute atomic E-state index is 5.94. The molecule has 0 spiro atoms. The molecule has 0 bridgehead atoms. The molecular weight excluding hydrogens is 272 g/mol. The lowest BCUT2D eigenvalue weighted by Gasteiger charge is -2.22. The zero-order valence-electron chi connectivity index (χ0n) is 12.5. The van der Waals surface area contributed by atoms with Crippen LogP contribution in [0.3, 0.4) is 0 Å². The van der Waals surface area contributed by atoms with Crippen LogP contribution in [0.2, 0.25) is 5.28 Å². The van der Waals surface area contributed by atoms with E-state index in [1.807, 2.05) is 19.9 Å². The Morgan fingerprint density at radius 2 is 1.75 bits per heavy atom. The van der Waals surface area contributed by atoms with Crippen molar-refractivity contribution in [2.45, 2.75) is 40.0 Å². The molecule has 2 aromatic rings. The molecule has 3 nitrogen and oxygen atoms in total. The molecule has 0 N–H and O–H groups in total. The van der Waals surface area contributed by atoms with Crippen molar-refractivity contribution in [2.75, 3.05) is 0 Å². The number of aromatic nitrogens is 2. The number of rotatable bonds is 2. The van der Waals surface area contributed by atoms with E-state index < -0.39 is 0 Å². The highest BCUT2D eigenvalue weighted by Gasteiger charge is 2.19. The number of hydrogen-bond acceptors (Lipinski definition) is 3. The van der Waals surface area contributed by atoms with Crippen LogP contribution in [-0.4, -0.2) is 9.97 Å². The number of aryl methyl sites for hydroxylation is 2. The molecule has 106 valence electrons. The SMILES string of the molecule is Cc1ccc(C(C)(C)C)c(Oc2cc(C)nc(Cl)n2)c1. The summed E-state index contributed by atoms with van der Waals surface area (Å²) in [5.74, 6) is 1.28. The Kier molecular flexibility index (Phi) is 4.00. The first-order valence-corrected chi connectivity index (χ1v) is 6.94. The predicted octanol–water partition coefficient (Wildman–Crippen LogP) is 4.84. The van der Waals surface area contributed by atoms with E-state index in [1.54, 1.807) is 6.07 Å². The summed E-state index contributed by atoms with van der Waals surface area (Å²) in [7, 11) is 0. The molecule has 0 saturated carbocycles. The van der Waals surface area contributed by atoms with Gasteiger partial charge >= 0.3 is 0 Å². The largest absolute Gasteiger partial charge is 0.439 e. The van der Waals surface area contributed by atoms with Gasteiger partial charge in [0.1, 0.15) is 5.75 Å². The molecule has 0 unspecified atom stereocenters. The van der Waals surface area contributed by atoms with E-state index in [0.29, 0.717) is 5.88 Å². The summed E-state index contributed by atoms with van der Waals surface area (Å²) in [6.07, 6.45) is 0. The quantitative estimate of drug-likeness (QED) is 0.743. The van der Waals surface area contributed by atoms with E-state index in [4.69, 9.17) is 16.3 Å². The molecule has 2 rings (SSSR count). The van der Waals surface area contributed by atoms with Gasteiger partial charge < -0.3 is 4.74 Å². The summed E-state index contributed by atoms with van der Waals surface area (Å²) in [5.41, 5.74) is 3.06. The van der Waals surface area contributed by atoms with Gasteiger partial charge in [0.05, 0.1) is 0 Å². The topological polar surface area (TPSA) is 35.0 Å². The molecule has 0 aliphatic carbocycles. The fraction of sp³-hybridized carbons (Fsp3) is 0.375. The third-order valence-electron chi connectivity index (χ3n) is 2.96. The van der Waals surface area contributed by atoms with Crippen LogP contribution in [-0.2, 0) is 5.41 Å². The molecule has 1 aromatic heterocycles. The summed E-state index contributed by atoms with van der Waals surface area (Å²) in [5, 5.41) is 0.199. The van der Waals surface area contributed by atoms with Crippen LogP contribution in [0.1, 0.15) is 37.6 Å². The van der Waals surface area contributed by atoms with Gasteiger partial charge in [0, 0.05) is 17.3 Å². The molecule has 4 heteroatoms. The minimum absolute atomic E-state index is 0.00506. The number of benzene rings is 1. The van der Waals surface area contributed by atoms with Crippen molar-refractivity contribution in [1.82, 2.24) is 9.97 Å². The van der Waals surface area contributed by atoms with E-state index >= 15 is 0 Å². The Bertz CT molecular complexity index is 613. The van der Waals surface area contributed by atoms with Gasteiger partial charge in [0.15, 0.2) is 0 Å². The maximum atomic E-state index is 5.94. The second-order valence-electron chi connectivity index (χ2n) is 5.97. The molecule has 0 aliphatic rings. The van der Waals surface area contributed by atoms with Crippen LogP contribution in [0.15, 0.2) is 24.3 Å². The maximum Gasteiger partial charge on any atom is 0.225 e. The molecule has 0 aliphatic heterocycles. The van der Waals surface area contributed by atoms with Crippen molar-refractivity contribution in [1.29, 1.82) is 0 Å². The molecule has 1 aromatic carbocycles. The fourth-order valence-corrected chi connectivity index (χ4v) is 2.22. The van der Waals surface area contributed by atoms with E-state index in [-0.39, 0.29) is 10.7 Å². The third-order valence-corrected chi connectivity index (χ3v) is 3.13. The van der Waals surface area contributed by atoms with Gasteiger partial charge in [0.25, 0.3) is 0 Å². The van der Waals surface area contributed by atoms with E-state index in [2.05, 4.69) is 42.9 Å². The van der Waals surface area contributed by atoms with Crippen molar-refractivity contribution < 1.29 is 4.74 Å². The highest BCUT2D eigenvalue weighted by Crippen LogP contribution is 2.34. The first-order chi connectivity index (χ1) is 9.25. The Labute approximate surface area is 125 Å². The summed E-state index contributed by atoms with van der Waals surface area (Å²) in [6, 6.07) is 7.98. The molecular formula is C16H19ClN2O. The van der Waals surface area contributed by atoms with Crippen molar-refractivity contribution in [2.24, 2.45) is 0 Å². The molecule has 0 radical (unpaired) electrons. The average Bonchev–Trinajstić information content (AvgIpc) is 2.25. The van der Waals surface area contributed by atoms with Gasteiger partial charge in [-0.2, -0.15) is 4.98 Å². The number of halogens is 1. The number of hydrogen-bond donors (Lipinski definition) is 0. The Morgan fingerprint density at radius 1 is 1.05 bits per heavy atom. The van der Waals surface area contributed by atoms with Crippen LogP contribution in [0, 0.1) is 13.8 Å². The minimum atomic E-state index is -0.00506. The van der Waals surface area contributed by atoms with Crippen LogP contribution in [0.4, 0.5) is 0 Å². The highest BCUT2D eigenvalue weighted by atomic mass is 35.5. The van der Waals surface area contributed by atoms with Gasteiger partial charge in [-0.1, -0.05) is 32.9 Å². The molecule has 0 saturated heterocycles. The zero-order valence-corrected chi connectivity index (χ0v) is 13.2. The lowest BCUT2D eigenvalue weighted by molar-refractivity contribution is 0.438. The first-order valence-electron chi connectivity index (χ1n) is 6.56. The number of nitrogens with zero attached hydrogens (tertiary/aromatic N) is 2. The Hall–Kier alpha value is -1.61. The molecule has 0 fully saturated rings. The van der Waals surface area contributed by atoms with Gasteiger partial charge in [-0.15, -0.1) is 0 Å². The van der Waals surface area contributed by atoms with Crippen LogP contribution in [0.5, 0.6) is 11.6 Å². The monoisotopic (exact) mass is 290 g/mol. The molecule has 1 heterocycles. The smallest absolute Gasteiger partial charge is 0.225 e. The summed E-state index contributed by atoms with van der Waals surface area (Å²) in [4.78, 5) is 8.15. The van der Waals surface area contributed by atoms with Gasteiger partial charge in [-0.3, -0.25) is 0 Å². The molecule has 0 amide bonds. The lowest BCUT2D eigenvalue weighted by atomic mass is 9.86. The van der Waals surface area contributed by atoms with Crippen molar-refractivity contribution >= 4 is 11.6 Å². The zero-order chi connectivity index (χ0) is 14.9. The molecule has 20 heavy (non-hydrogen) atoms. The third kappa shape index (κ3) is 3.48. The standard InChI is InChI=1S/C16H19ClN2O/c1-10-6-7-12(16(3,4)5)13(8-10)20-14-9-11(2)18-15(17)19-14/h6-9H,1-5H3. The molecule has 0 atom stereocenters. The van der Waals surface area contributed by atoms with Gasteiger partial charge in [0.2, 0.25) is 11.2 Å². The highest BCUT2D eigenvalue weighted by molar-refractivity contribution is 6.28. The van der Waals surface area contributed by atoms with Crippen LogP contribution >= 0.6 is 11.6 Å². The average molecular weight is 291 g/mol. The second kappa shape index (κ2) is 5.41. The summed E-state index contributed by atoms with van der Waals surface area (Å²) < 4.78 is 5.94. The lowest BCUT2D eigenvalue weighted by Crippen LogP contribution is -2.12. The second-order valence-corrected chi connectivity index (χ2v) is 6.31. The Balaban J connectivity index is 2.44. The number of ether oxygens (including phenoxy) is 1. The first kappa shape index (κ1) is 14.8. The van der Waals surface area contributed by atoms with Crippen LogP contribution in [0.25, 0.3) is 0 Å². The summed E-state index contributed by atoms with van der Waals surface area (Å²) in [6.45, 7) is 10.4. The Morgan fingerprint density at radius 3 is 2.35 bits per heavy atom. The van der Waals surface area contributed by atoms with E-state index in [0.717, 1.165) is 22.6 Å². The fourth-order valence-electron chi connectivity index (χ4n) is 2.00.